The highest BCUT2D eigenvalue weighted by molar-refractivity contribution is 5.84. The van der Waals surface area contributed by atoms with Gasteiger partial charge in [-0.2, -0.15) is 26.3 Å². The van der Waals surface area contributed by atoms with Crippen molar-refractivity contribution in [3.8, 4) is 0 Å². The molecule has 2 N–H and O–H groups in total. The third-order valence-electron chi connectivity index (χ3n) is 6.84. The van der Waals surface area contributed by atoms with Crippen molar-refractivity contribution in [2.24, 2.45) is 17.6 Å². The first-order valence-corrected chi connectivity index (χ1v) is 14.5. The minimum Gasteiger partial charge on any atom is -0.444 e. The van der Waals surface area contributed by atoms with Crippen molar-refractivity contribution in [3.63, 3.8) is 0 Å². The highest BCUT2D eigenvalue weighted by Crippen LogP contribution is 2.33. The van der Waals surface area contributed by atoms with Gasteiger partial charge in [0.2, 0.25) is 0 Å². The van der Waals surface area contributed by atoms with E-state index in [2.05, 4.69) is 24.9 Å². The van der Waals surface area contributed by atoms with Crippen LogP contribution in [0.3, 0.4) is 0 Å². The Hall–Kier alpha value is -2.55. The van der Waals surface area contributed by atoms with Gasteiger partial charge in [0, 0.05) is 51.7 Å². The van der Waals surface area contributed by atoms with Gasteiger partial charge in [0.15, 0.2) is 0 Å². The molecule has 0 aromatic heterocycles. The second-order valence-electron chi connectivity index (χ2n) is 13.3. The lowest BCUT2D eigenvalue weighted by atomic mass is 9.92. The van der Waals surface area contributed by atoms with E-state index in [4.69, 9.17) is 15.2 Å². The minimum atomic E-state index is -4.61. The molecule has 0 aromatic carbocycles. The number of alkyl halides is 6. The average Bonchev–Trinajstić information content (AvgIpc) is 2.83. The van der Waals surface area contributed by atoms with Gasteiger partial charge in [-0.15, -0.1) is 0 Å². The Morgan fingerprint density at radius 3 is 1.70 bits per heavy atom. The normalized spacial score (nSPS) is 23.8. The zero-order chi connectivity index (χ0) is 34.3. The summed E-state index contributed by atoms with van der Waals surface area (Å²) in [6.45, 7) is 13.6. The van der Waals surface area contributed by atoms with E-state index >= 15 is 0 Å². The number of nitrogens with zero attached hydrogens (tertiary/aromatic N) is 3. The Morgan fingerprint density at radius 1 is 0.818 bits per heavy atom. The summed E-state index contributed by atoms with van der Waals surface area (Å²) in [4.78, 5) is 38.8. The number of ketones is 1. The molecule has 15 heteroatoms. The molecule has 44 heavy (non-hydrogen) atoms. The van der Waals surface area contributed by atoms with Crippen molar-refractivity contribution in [1.82, 2.24) is 14.7 Å². The van der Waals surface area contributed by atoms with Crippen molar-refractivity contribution in [2.75, 3.05) is 46.3 Å². The van der Waals surface area contributed by atoms with Crippen LogP contribution in [0.2, 0.25) is 0 Å². The summed E-state index contributed by atoms with van der Waals surface area (Å²) in [5, 5.41) is 0. The van der Waals surface area contributed by atoms with E-state index in [-0.39, 0.29) is 25.9 Å². The molecule has 2 amide bonds. The molecule has 3 heterocycles. The number of nitrogens with two attached hydrogens (primary N) is 1. The van der Waals surface area contributed by atoms with E-state index in [1.165, 1.54) is 13.0 Å². The molecule has 0 aliphatic carbocycles. The largest absolute Gasteiger partial charge is 0.444 e. The zero-order valence-electron chi connectivity index (χ0n) is 26.9. The number of halogens is 6. The summed E-state index contributed by atoms with van der Waals surface area (Å²) < 4.78 is 85.9. The van der Waals surface area contributed by atoms with Gasteiger partial charge >= 0.3 is 24.5 Å². The summed E-state index contributed by atoms with van der Waals surface area (Å²) in [5.74, 6) is -4.65. The number of carbonyl (C=O) groups is 3. The predicted octanol–water partition coefficient (Wildman–Crippen LogP) is 5.78. The lowest BCUT2D eigenvalue weighted by Crippen LogP contribution is -2.54. The molecule has 1 unspecified atom stereocenters. The fraction of sp³-hybridized carbons (Fsp3) is 0.828. The first-order chi connectivity index (χ1) is 19.8. The van der Waals surface area contributed by atoms with Gasteiger partial charge in [0.1, 0.15) is 22.9 Å². The monoisotopic (exact) mass is 646 g/mol. The van der Waals surface area contributed by atoms with Crippen molar-refractivity contribution in [2.45, 2.75) is 97.3 Å². The van der Waals surface area contributed by atoms with E-state index in [0.717, 1.165) is 16.3 Å². The Morgan fingerprint density at radius 2 is 1.32 bits per heavy atom. The number of hydrogen-bond acceptors (Lipinski definition) is 7. The highest BCUT2D eigenvalue weighted by Gasteiger charge is 2.49. The molecule has 0 bridgehead atoms. The molecule has 0 spiro atoms. The summed E-state index contributed by atoms with van der Waals surface area (Å²) in [6.07, 6.45) is -7.14. The zero-order valence-corrected chi connectivity index (χ0v) is 26.9. The smallest absolute Gasteiger partial charge is 0.410 e. The molecule has 0 saturated carbocycles. The molecule has 9 nitrogen and oxygen atoms in total. The van der Waals surface area contributed by atoms with Crippen LogP contribution in [0.5, 0.6) is 0 Å². The van der Waals surface area contributed by atoms with Gasteiger partial charge in [0.25, 0.3) is 0 Å². The molecular weight excluding hydrogens is 598 g/mol. The molecule has 3 aliphatic heterocycles. The molecule has 2 fully saturated rings. The van der Waals surface area contributed by atoms with E-state index in [0.29, 0.717) is 0 Å². The number of piperidine rings is 2. The molecule has 3 rings (SSSR count). The maximum absolute atomic E-state index is 12.7. The third-order valence-corrected chi connectivity index (χ3v) is 6.84. The Kier molecular flexibility index (Phi) is 14.0. The van der Waals surface area contributed by atoms with Gasteiger partial charge in [-0.25, -0.2) is 9.59 Å². The summed E-state index contributed by atoms with van der Waals surface area (Å²) in [6, 6.07) is -0.955. The molecule has 2 saturated heterocycles. The number of amides is 2. The molecule has 3 aliphatic rings. The van der Waals surface area contributed by atoms with Gasteiger partial charge in [-0.05, 0) is 68.4 Å². The Bertz CT molecular complexity index is 1000. The molecule has 3 atom stereocenters. The first kappa shape index (κ1) is 39.5. The van der Waals surface area contributed by atoms with Crippen LogP contribution in [-0.4, -0.2) is 109 Å². The molecule has 256 valence electrons. The van der Waals surface area contributed by atoms with E-state index in [9.17, 15) is 40.7 Å². The number of ether oxygens (including phenoxy) is 2. The number of likely N-dealkylation sites (tertiary alicyclic amines) is 2. The molecule has 0 aromatic rings. The van der Waals surface area contributed by atoms with E-state index < -0.39 is 72.5 Å². The van der Waals surface area contributed by atoms with Crippen LogP contribution < -0.4 is 5.73 Å². The number of likely N-dealkylation sites (N-methyl/N-ethyl adjacent to an activating group) is 1. The number of hydrogen-bond donors (Lipinski definition) is 1. The second-order valence-corrected chi connectivity index (χ2v) is 13.3. The quantitative estimate of drug-likeness (QED) is 0.263. The van der Waals surface area contributed by atoms with E-state index in [1.807, 2.05) is 0 Å². The second kappa shape index (κ2) is 15.6. The van der Waals surface area contributed by atoms with Crippen molar-refractivity contribution >= 4 is 18.0 Å². The number of rotatable bonds is 0. The van der Waals surface area contributed by atoms with Crippen molar-refractivity contribution in [1.29, 1.82) is 0 Å². The van der Waals surface area contributed by atoms with Crippen molar-refractivity contribution in [3.05, 3.63) is 11.6 Å². The van der Waals surface area contributed by atoms with Crippen LogP contribution >= 0.6 is 0 Å². The predicted molar refractivity (Wildman–Crippen MR) is 153 cm³/mol. The van der Waals surface area contributed by atoms with Gasteiger partial charge < -0.3 is 29.9 Å². The number of Topliss-reactive ketones (excluding diaryl/α,β-unsaturated/α-hetero) is 1. The van der Waals surface area contributed by atoms with Crippen LogP contribution in [-0.2, 0) is 14.3 Å². The lowest BCUT2D eigenvalue weighted by molar-refractivity contribution is -0.190. The van der Waals surface area contributed by atoms with Crippen molar-refractivity contribution < 1.29 is 50.2 Å². The summed E-state index contributed by atoms with van der Waals surface area (Å²) in [5.41, 5.74) is 5.51. The SMILES string of the molecule is CC(C)(C)OC(=O)N1CCC(=O)C(C(F)(F)F)C1.CC(C)(C)OC(=O)N1CC[C@@H](N)[C@@H](C(F)(F)F)C1.CC1=CCN(C)CC1. The van der Waals surface area contributed by atoms with Gasteiger partial charge in [-0.3, -0.25) is 4.79 Å². The first-order valence-electron chi connectivity index (χ1n) is 14.5. The lowest BCUT2D eigenvalue weighted by Gasteiger charge is -2.38. The third kappa shape index (κ3) is 14.5. The maximum Gasteiger partial charge on any atom is 0.410 e. The fourth-order valence-electron chi connectivity index (χ4n) is 4.29. The summed E-state index contributed by atoms with van der Waals surface area (Å²) >= 11 is 0. The van der Waals surface area contributed by atoms with Crippen LogP contribution in [0.25, 0.3) is 0 Å². The minimum absolute atomic E-state index is 0.0275. The standard InChI is InChI=1S/C11H19F3N2O2.C11H16F3NO3.C7H13N/c1-10(2,3)18-9(17)16-5-4-8(15)7(6-16)11(12,13)14;1-10(2,3)18-9(17)15-5-4-8(16)7(6-15)11(12,13)14;1-7-3-5-8(2)6-4-7/h7-8H,4-6,15H2,1-3H3;7H,4-6H2,1-3H3;3H,4-6H2,1-2H3/t7-,8+;;/m0../s1. The molecule has 0 radical (unpaired) electrons. The summed E-state index contributed by atoms with van der Waals surface area (Å²) in [7, 11) is 2.16. The Labute approximate surface area is 256 Å². The van der Waals surface area contributed by atoms with Crippen LogP contribution in [0, 0.1) is 11.8 Å². The van der Waals surface area contributed by atoms with Gasteiger partial charge in [-0.1, -0.05) is 11.6 Å². The number of carbonyl (C=O) groups excluding carboxylic acids is 3. The van der Waals surface area contributed by atoms with Crippen LogP contribution in [0.1, 0.15) is 67.7 Å². The van der Waals surface area contributed by atoms with Gasteiger partial charge in [0.05, 0.1) is 5.92 Å². The fourth-order valence-corrected chi connectivity index (χ4v) is 4.29. The van der Waals surface area contributed by atoms with Crippen LogP contribution in [0.4, 0.5) is 35.9 Å². The highest BCUT2D eigenvalue weighted by atomic mass is 19.4. The topological polar surface area (TPSA) is 105 Å². The average molecular weight is 647 g/mol. The molecular formula is C29H48F6N4O5. The van der Waals surface area contributed by atoms with Crippen LogP contribution in [0.15, 0.2) is 11.6 Å². The Balaban J connectivity index is 0.000000354. The van der Waals surface area contributed by atoms with E-state index in [1.54, 1.807) is 47.1 Å². The maximum atomic E-state index is 12.7.